The van der Waals surface area contributed by atoms with Crippen LogP contribution in [0.25, 0.3) is 10.1 Å². The molecule has 1 aliphatic carbocycles. The number of hydrogen-bond donors (Lipinski definition) is 1. The molecular weight excluding hydrogens is 366 g/mol. The molecule has 0 bridgehead atoms. The van der Waals surface area contributed by atoms with Crippen LogP contribution in [0.3, 0.4) is 0 Å². The fourth-order valence-electron chi connectivity index (χ4n) is 3.27. The van der Waals surface area contributed by atoms with Crippen LogP contribution in [-0.2, 0) is 9.53 Å². The van der Waals surface area contributed by atoms with Crippen molar-refractivity contribution in [3.63, 3.8) is 0 Å². The summed E-state index contributed by atoms with van der Waals surface area (Å²) in [6, 6.07) is 5.53. The summed E-state index contributed by atoms with van der Waals surface area (Å²) in [7, 11) is 3.16. The fourth-order valence-corrected chi connectivity index (χ4v) is 4.26. The van der Waals surface area contributed by atoms with E-state index in [9.17, 15) is 9.59 Å². The second-order valence-corrected chi connectivity index (χ2v) is 7.70. The van der Waals surface area contributed by atoms with Crippen LogP contribution < -0.4 is 14.8 Å². The van der Waals surface area contributed by atoms with E-state index in [0.29, 0.717) is 16.4 Å². The van der Waals surface area contributed by atoms with Crippen molar-refractivity contribution in [1.82, 2.24) is 5.32 Å². The van der Waals surface area contributed by atoms with Crippen LogP contribution in [-0.4, -0.2) is 38.7 Å². The molecule has 0 unspecified atom stereocenters. The van der Waals surface area contributed by atoms with E-state index in [0.717, 1.165) is 35.8 Å². The van der Waals surface area contributed by atoms with E-state index in [2.05, 4.69) is 5.32 Å². The number of carbonyl (C=O) groups excluding carboxylic acids is 2. The predicted octanol–water partition coefficient (Wildman–Crippen LogP) is 3.91. The van der Waals surface area contributed by atoms with Gasteiger partial charge < -0.3 is 19.5 Å². The van der Waals surface area contributed by atoms with E-state index in [1.54, 1.807) is 14.2 Å². The number of fused-ring (bicyclic) bond motifs is 1. The van der Waals surface area contributed by atoms with Crippen molar-refractivity contribution in [3.8, 4) is 11.5 Å². The van der Waals surface area contributed by atoms with E-state index in [1.807, 2.05) is 18.2 Å². The molecule has 1 fully saturated rings. The van der Waals surface area contributed by atoms with Gasteiger partial charge in [-0.25, -0.2) is 0 Å². The molecular formula is C20H25NO5S. The minimum atomic E-state index is -0.243. The Kier molecular flexibility index (Phi) is 6.55. The second kappa shape index (κ2) is 9.08. The fraction of sp³-hybridized carbons (Fsp3) is 0.500. The molecule has 0 atom stereocenters. The monoisotopic (exact) mass is 391 g/mol. The first-order valence-corrected chi connectivity index (χ1v) is 10.1. The van der Waals surface area contributed by atoms with Gasteiger partial charge in [0.25, 0.3) is 5.91 Å². The maximum absolute atomic E-state index is 12.4. The highest BCUT2D eigenvalue weighted by molar-refractivity contribution is 7.20. The molecule has 7 heteroatoms. The van der Waals surface area contributed by atoms with Gasteiger partial charge in [0.15, 0.2) is 11.5 Å². The standard InChI is InChI=1S/C20H25NO5S/c1-24-15-10-13-11-18(27-17(13)12-16(15)25-2)20(23)21-9-8-19(22)26-14-6-4-3-5-7-14/h10-12,14H,3-9H2,1-2H3,(H,21,23). The van der Waals surface area contributed by atoms with E-state index in [-0.39, 0.29) is 30.9 Å². The van der Waals surface area contributed by atoms with E-state index < -0.39 is 0 Å². The summed E-state index contributed by atoms with van der Waals surface area (Å²) in [5.41, 5.74) is 0. The quantitative estimate of drug-likeness (QED) is 0.724. The third-order valence-electron chi connectivity index (χ3n) is 4.71. The lowest BCUT2D eigenvalue weighted by Crippen LogP contribution is -2.27. The highest BCUT2D eigenvalue weighted by atomic mass is 32.1. The summed E-state index contributed by atoms with van der Waals surface area (Å²) in [6.07, 6.45) is 5.60. The zero-order valence-electron chi connectivity index (χ0n) is 15.7. The van der Waals surface area contributed by atoms with E-state index in [1.165, 1.54) is 17.8 Å². The van der Waals surface area contributed by atoms with Gasteiger partial charge in [0.2, 0.25) is 0 Å². The Morgan fingerprint density at radius 2 is 1.78 bits per heavy atom. The lowest BCUT2D eigenvalue weighted by atomic mass is 9.98. The Bertz CT molecular complexity index is 769. The summed E-state index contributed by atoms with van der Waals surface area (Å²) in [4.78, 5) is 24.9. The van der Waals surface area contributed by atoms with Gasteiger partial charge in [-0.2, -0.15) is 0 Å². The Morgan fingerprint density at radius 3 is 2.48 bits per heavy atom. The molecule has 146 valence electrons. The van der Waals surface area contributed by atoms with Gasteiger partial charge >= 0.3 is 5.97 Å². The number of methoxy groups -OCH3 is 2. The van der Waals surface area contributed by atoms with Gasteiger partial charge in [0.05, 0.1) is 25.5 Å². The van der Waals surface area contributed by atoms with Crippen molar-refractivity contribution in [2.75, 3.05) is 20.8 Å². The maximum atomic E-state index is 12.4. The minimum Gasteiger partial charge on any atom is -0.493 e. The molecule has 1 saturated carbocycles. The summed E-state index contributed by atoms with van der Waals surface area (Å²) >= 11 is 1.38. The molecule has 1 amide bonds. The van der Waals surface area contributed by atoms with Crippen LogP contribution >= 0.6 is 11.3 Å². The lowest BCUT2D eigenvalue weighted by Gasteiger charge is -2.21. The normalized spacial score (nSPS) is 14.7. The number of esters is 1. The zero-order valence-corrected chi connectivity index (χ0v) is 16.5. The summed E-state index contributed by atoms with van der Waals surface area (Å²) in [5, 5.41) is 3.71. The third kappa shape index (κ3) is 4.91. The molecule has 0 radical (unpaired) electrons. The van der Waals surface area contributed by atoms with E-state index >= 15 is 0 Å². The Balaban J connectivity index is 1.53. The molecule has 1 aromatic carbocycles. The van der Waals surface area contributed by atoms with Crippen molar-refractivity contribution in [3.05, 3.63) is 23.1 Å². The molecule has 0 spiro atoms. The summed E-state index contributed by atoms with van der Waals surface area (Å²) < 4.78 is 17.0. The Morgan fingerprint density at radius 1 is 1.07 bits per heavy atom. The van der Waals surface area contributed by atoms with Gasteiger partial charge in [-0.05, 0) is 43.2 Å². The molecule has 3 rings (SSSR count). The number of nitrogens with one attached hydrogen (secondary N) is 1. The van der Waals surface area contributed by atoms with Gasteiger partial charge in [-0.3, -0.25) is 9.59 Å². The smallest absolute Gasteiger partial charge is 0.307 e. The Hall–Kier alpha value is -2.28. The highest BCUT2D eigenvalue weighted by Crippen LogP contribution is 2.36. The predicted molar refractivity (Wildman–Crippen MR) is 105 cm³/mol. The van der Waals surface area contributed by atoms with Crippen LogP contribution in [0.2, 0.25) is 0 Å². The van der Waals surface area contributed by atoms with Crippen LogP contribution in [0.1, 0.15) is 48.2 Å². The number of ether oxygens (including phenoxy) is 3. The first kappa shape index (κ1) is 19.5. The molecule has 0 aliphatic heterocycles. The summed E-state index contributed by atoms with van der Waals surface area (Å²) in [5.74, 6) is 0.817. The van der Waals surface area contributed by atoms with Crippen LogP contribution in [0.5, 0.6) is 11.5 Å². The van der Waals surface area contributed by atoms with Gasteiger partial charge in [0, 0.05) is 17.3 Å². The number of rotatable bonds is 7. The first-order valence-electron chi connectivity index (χ1n) is 9.24. The molecule has 1 aromatic heterocycles. The highest BCUT2D eigenvalue weighted by Gasteiger charge is 2.18. The van der Waals surface area contributed by atoms with Gasteiger partial charge in [-0.15, -0.1) is 11.3 Å². The topological polar surface area (TPSA) is 73.9 Å². The molecule has 0 saturated heterocycles. The van der Waals surface area contributed by atoms with Gasteiger partial charge in [0.1, 0.15) is 6.10 Å². The van der Waals surface area contributed by atoms with Crippen molar-refractivity contribution in [1.29, 1.82) is 0 Å². The average Bonchev–Trinajstić information content (AvgIpc) is 3.10. The molecule has 2 aromatic rings. The van der Waals surface area contributed by atoms with Gasteiger partial charge in [-0.1, -0.05) is 6.42 Å². The number of benzene rings is 1. The number of hydrogen-bond acceptors (Lipinski definition) is 6. The SMILES string of the molecule is COc1cc2cc(C(=O)NCCC(=O)OC3CCCCC3)sc2cc1OC. The molecule has 1 aliphatic rings. The van der Waals surface area contributed by atoms with Crippen molar-refractivity contribution < 1.29 is 23.8 Å². The van der Waals surface area contributed by atoms with Crippen molar-refractivity contribution in [2.45, 2.75) is 44.6 Å². The minimum absolute atomic E-state index is 0.0505. The van der Waals surface area contributed by atoms with Crippen LogP contribution in [0.15, 0.2) is 18.2 Å². The zero-order chi connectivity index (χ0) is 19.2. The largest absolute Gasteiger partial charge is 0.493 e. The van der Waals surface area contributed by atoms with Crippen molar-refractivity contribution >= 4 is 33.3 Å². The molecule has 1 N–H and O–H groups in total. The number of carbonyl (C=O) groups is 2. The van der Waals surface area contributed by atoms with Crippen LogP contribution in [0, 0.1) is 0 Å². The van der Waals surface area contributed by atoms with Crippen LogP contribution in [0.4, 0.5) is 0 Å². The number of amides is 1. The average molecular weight is 391 g/mol. The second-order valence-electron chi connectivity index (χ2n) is 6.61. The van der Waals surface area contributed by atoms with Crippen molar-refractivity contribution in [2.24, 2.45) is 0 Å². The summed E-state index contributed by atoms with van der Waals surface area (Å²) in [6.45, 7) is 0.269. The molecule has 1 heterocycles. The molecule has 27 heavy (non-hydrogen) atoms. The maximum Gasteiger partial charge on any atom is 0.307 e. The Labute approximate surface area is 162 Å². The number of thiophene rings is 1. The first-order chi connectivity index (χ1) is 13.1. The third-order valence-corrected chi connectivity index (χ3v) is 5.81. The lowest BCUT2D eigenvalue weighted by molar-refractivity contribution is -0.150. The van der Waals surface area contributed by atoms with E-state index in [4.69, 9.17) is 14.2 Å². The molecule has 6 nitrogen and oxygen atoms in total.